The largest absolute Gasteiger partial charge is 0.350 e. The summed E-state index contributed by atoms with van der Waals surface area (Å²) in [6.45, 7) is 3.39. The predicted molar refractivity (Wildman–Crippen MR) is 47.4 cm³/mol. The van der Waals surface area contributed by atoms with E-state index in [1.165, 1.54) is 0 Å². The van der Waals surface area contributed by atoms with E-state index in [0.29, 0.717) is 0 Å². The second-order valence-electron chi connectivity index (χ2n) is 2.93. The van der Waals surface area contributed by atoms with Gasteiger partial charge in [-0.15, -0.1) is 11.6 Å². The molecule has 0 heterocycles. The third-order valence-corrected chi connectivity index (χ3v) is 2.95. The van der Waals surface area contributed by atoms with E-state index < -0.39 is 21.8 Å². The molecular formula is C6H12ClF2NO2S. The van der Waals surface area contributed by atoms with Crippen LogP contribution in [0.25, 0.3) is 0 Å². The first-order valence-electron chi connectivity index (χ1n) is 3.66. The molecule has 0 saturated carbocycles. The van der Waals surface area contributed by atoms with Crippen LogP contribution in [0, 0.1) is 5.92 Å². The molecule has 0 aliphatic rings. The van der Waals surface area contributed by atoms with Crippen molar-refractivity contribution in [2.45, 2.75) is 25.6 Å². The third kappa shape index (κ3) is 4.19. The quantitative estimate of drug-likeness (QED) is 0.732. The first-order chi connectivity index (χ1) is 5.81. The molecule has 0 spiro atoms. The molecule has 0 aromatic carbocycles. The van der Waals surface area contributed by atoms with Crippen molar-refractivity contribution in [3.63, 3.8) is 0 Å². The molecule has 1 atom stereocenters. The molecule has 3 nitrogen and oxygen atoms in total. The fraction of sp³-hybridized carbons (Fsp3) is 1.00. The Labute approximate surface area is 81.5 Å². The lowest BCUT2D eigenvalue weighted by Crippen LogP contribution is -2.42. The monoisotopic (exact) mass is 235 g/mol. The minimum atomic E-state index is -4.52. The van der Waals surface area contributed by atoms with Crippen LogP contribution in [0.5, 0.6) is 0 Å². The molecule has 0 rings (SSSR count). The molecule has 0 aromatic rings. The highest BCUT2D eigenvalue weighted by Gasteiger charge is 2.28. The Morgan fingerprint density at radius 1 is 1.38 bits per heavy atom. The van der Waals surface area contributed by atoms with Gasteiger partial charge in [-0.1, -0.05) is 13.8 Å². The van der Waals surface area contributed by atoms with Crippen molar-refractivity contribution >= 4 is 21.6 Å². The van der Waals surface area contributed by atoms with Gasteiger partial charge in [-0.2, -0.15) is 8.78 Å². The van der Waals surface area contributed by atoms with E-state index in [-0.39, 0.29) is 11.8 Å². The average molecular weight is 236 g/mol. The second-order valence-corrected chi connectivity index (χ2v) is 4.92. The number of hydrogen-bond donors (Lipinski definition) is 1. The van der Waals surface area contributed by atoms with Gasteiger partial charge in [0.1, 0.15) is 0 Å². The van der Waals surface area contributed by atoms with Crippen molar-refractivity contribution in [3.8, 4) is 0 Å². The van der Waals surface area contributed by atoms with Crippen molar-refractivity contribution < 1.29 is 17.2 Å². The second kappa shape index (κ2) is 5.07. The van der Waals surface area contributed by atoms with Gasteiger partial charge in [-0.3, -0.25) is 0 Å². The summed E-state index contributed by atoms with van der Waals surface area (Å²) in [7, 11) is -4.52. The van der Waals surface area contributed by atoms with Crippen LogP contribution >= 0.6 is 11.6 Å². The molecule has 7 heteroatoms. The number of alkyl halides is 3. The third-order valence-electron chi connectivity index (χ3n) is 1.52. The fourth-order valence-electron chi connectivity index (χ4n) is 0.608. The molecule has 0 aromatic heterocycles. The zero-order valence-electron chi connectivity index (χ0n) is 7.30. The van der Waals surface area contributed by atoms with Gasteiger partial charge in [0.25, 0.3) is 10.0 Å². The van der Waals surface area contributed by atoms with Gasteiger partial charge in [-0.05, 0) is 5.92 Å². The maximum Gasteiger partial charge on any atom is 0.350 e. The van der Waals surface area contributed by atoms with Gasteiger partial charge in [0.15, 0.2) is 0 Å². The van der Waals surface area contributed by atoms with Crippen molar-refractivity contribution in [3.05, 3.63) is 0 Å². The molecular weight excluding hydrogens is 224 g/mol. The normalized spacial score (nSPS) is 15.3. The van der Waals surface area contributed by atoms with Crippen LogP contribution in [0.2, 0.25) is 0 Å². The van der Waals surface area contributed by atoms with Gasteiger partial charge in [0, 0.05) is 11.9 Å². The number of halogens is 3. The van der Waals surface area contributed by atoms with Crippen molar-refractivity contribution in [1.29, 1.82) is 0 Å². The van der Waals surface area contributed by atoms with E-state index in [4.69, 9.17) is 11.6 Å². The van der Waals surface area contributed by atoms with Crippen LogP contribution < -0.4 is 4.72 Å². The minimum Gasteiger partial charge on any atom is -0.206 e. The molecule has 0 saturated heterocycles. The van der Waals surface area contributed by atoms with E-state index in [1.54, 1.807) is 13.8 Å². The summed E-state index contributed by atoms with van der Waals surface area (Å²) in [6, 6.07) is -0.652. The predicted octanol–water partition coefficient (Wildman–Crippen LogP) is 1.39. The maximum absolute atomic E-state index is 11.9. The highest BCUT2D eigenvalue weighted by atomic mass is 35.5. The van der Waals surface area contributed by atoms with Crippen LogP contribution in [0.4, 0.5) is 8.78 Å². The van der Waals surface area contributed by atoms with Gasteiger partial charge in [0.05, 0.1) is 0 Å². The Balaban J connectivity index is 4.41. The number of hydrogen-bond acceptors (Lipinski definition) is 2. The van der Waals surface area contributed by atoms with Crippen LogP contribution in [-0.2, 0) is 10.0 Å². The number of rotatable bonds is 5. The van der Waals surface area contributed by atoms with Crippen LogP contribution in [0.15, 0.2) is 0 Å². The zero-order chi connectivity index (χ0) is 10.6. The van der Waals surface area contributed by atoms with Gasteiger partial charge < -0.3 is 0 Å². The maximum atomic E-state index is 11.9. The Morgan fingerprint density at radius 3 is 2.08 bits per heavy atom. The lowest BCUT2D eigenvalue weighted by atomic mass is 10.1. The SMILES string of the molecule is CC(C)C(CCl)NS(=O)(=O)C(F)F. The first-order valence-corrected chi connectivity index (χ1v) is 5.74. The van der Waals surface area contributed by atoms with Gasteiger partial charge in [0.2, 0.25) is 0 Å². The molecule has 0 aliphatic carbocycles. The molecule has 0 bridgehead atoms. The summed E-state index contributed by atoms with van der Waals surface area (Å²) in [5.41, 5.74) is 0. The van der Waals surface area contributed by atoms with Crippen molar-refractivity contribution in [2.75, 3.05) is 5.88 Å². The molecule has 0 fully saturated rings. The standard InChI is InChI=1S/C6H12ClF2NO2S/c1-4(2)5(3-7)10-13(11,12)6(8)9/h4-6,10H,3H2,1-2H3. The zero-order valence-corrected chi connectivity index (χ0v) is 8.87. The Kier molecular flexibility index (Phi) is 5.09. The minimum absolute atomic E-state index is 0.0242. The summed E-state index contributed by atoms with van der Waals surface area (Å²) in [5, 5.41) is 0. The number of nitrogens with one attached hydrogen (secondary N) is 1. The van der Waals surface area contributed by atoms with Crippen molar-refractivity contribution in [2.24, 2.45) is 5.92 Å². The lowest BCUT2D eigenvalue weighted by molar-refractivity contribution is 0.230. The van der Waals surface area contributed by atoms with E-state index in [1.807, 2.05) is 4.72 Å². The smallest absolute Gasteiger partial charge is 0.206 e. The summed E-state index contributed by atoms with van der Waals surface area (Å²) in [4.78, 5) is 0. The highest BCUT2D eigenvalue weighted by Crippen LogP contribution is 2.09. The summed E-state index contributed by atoms with van der Waals surface area (Å²) in [6.07, 6.45) is 0. The number of sulfonamides is 1. The molecule has 1 N–H and O–H groups in total. The average Bonchev–Trinajstić information content (AvgIpc) is 1.99. The highest BCUT2D eigenvalue weighted by molar-refractivity contribution is 7.89. The van der Waals surface area contributed by atoms with E-state index >= 15 is 0 Å². The van der Waals surface area contributed by atoms with Gasteiger partial charge in [-0.25, -0.2) is 13.1 Å². The Bertz CT molecular complexity index is 243. The van der Waals surface area contributed by atoms with Crippen LogP contribution in [0.3, 0.4) is 0 Å². The topological polar surface area (TPSA) is 46.2 Å². The van der Waals surface area contributed by atoms with Gasteiger partial charge >= 0.3 is 5.76 Å². The molecule has 0 radical (unpaired) electrons. The summed E-state index contributed by atoms with van der Waals surface area (Å²) >= 11 is 5.40. The summed E-state index contributed by atoms with van der Waals surface area (Å²) < 4.78 is 47.0. The summed E-state index contributed by atoms with van der Waals surface area (Å²) in [5.74, 6) is -3.55. The first kappa shape index (κ1) is 13.1. The van der Waals surface area contributed by atoms with Crippen LogP contribution in [0.1, 0.15) is 13.8 Å². The molecule has 0 aliphatic heterocycles. The molecule has 1 unspecified atom stereocenters. The molecule has 13 heavy (non-hydrogen) atoms. The Morgan fingerprint density at radius 2 is 1.85 bits per heavy atom. The molecule has 0 amide bonds. The van der Waals surface area contributed by atoms with E-state index in [2.05, 4.69) is 0 Å². The van der Waals surface area contributed by atoms with Crippen LogP contribution in [-0.4, -0.2) is 26.1 Å². The van der Waals surface area contributed by atoms with E-state index in [9.17, 15) is 17.2 Å². The Hall–Kier alpha value is 0.0600. The molecule has 80 valence electrons. The lowest BCUT2D eigenvalue weighted by Gasteiger charge is -2.18. The fourth-order valence-corrected chi connectivity index (χ4v) is 2.01. The van der Waals surface area contributed by atoms with E-state index in [0.717, 1.165) is 0 Å². The van der Waals surface area contributed by atoms with Crippen molar-refractivity contribution in [1.82, 2.24) is 4.72 Å².